The van der Waals surface area contributed by atoms with Gasteiger partial charge in [0.15, 0.2) is 0 Å². The number of aliphatic hydroxyl groups is 1. The number of nitrogens with zero attached hydrogens (tertiary/aromatic N) is 3. The molecule has 34 heavy (non-hydrogen) atoms. The monoisotopic (exact) mass is 478 g/mol. The molecule has 10 nitrogen and oxygen atoms in total. The first-order chi connectivity index (χ1) is 16.1. The molecule has 0 spiro atoms. The van der Waals surface area contributed by atoms with Gasteiger partial charge in [-0.3, -0.25) is 19.0 Å². The highest BCUT2D eigenvalue weighted by molar-refractivity contribution is 5.80. The van der Waals surface area contributed by atoms with Gasteiger partial charge in [-0.05, 0) is 45.4 Å². The fourth-order valence-corrected chi connectivity index (χ4v) is 3.72. The molecule has 0 saturated carbocycles. The first-order valence-corrected chi connectivity index (χ1v) is 11.2. The van der Waals surface area contributed by atoms with E-state index < -0.39 is 29.2 Å². The number of methoxy groups -OCH3 is 1. The first-order valence-electron chi connectivity index (χ1n) is 11.2. The Morgan fingerprint density at radius 2 is 1.94 bits per heavy atom. The fourth-order valence-electron chi connectivity index (χ4n) is 3.72. The lowest BCUT2D eigenvalue weighted by Crippen LogP contribution is -2.51. The van der Waals surface area contributed by atoms with Crippen molar-refractivity contribution in [1.29, 1.82) is 0 Å². The van der Waals surface area contributed by atoms with Crippen molar-refractivity contribution in [3.05, 3.63) is 62.2 Å². The molecule has 1 saturated heterocycles. The maximum atomic E-state index is 13.8. The number of hydrogen-bond donors (Lipinski definition) is 2. The van der Waals surface area contributed by atoms with E-state index in [0.717, 1.165) is 21.6 Å². The van der Waals surface area contributed by atoms with Crippen molar-refractivity contribution in [1.82, 2.24) is 19.5 Å². The third-order valence-electron chi connectivity index (χ3n) is 5.67. The van der Waals surface area contributed by atoms with E-state index in [9.17, 15) is 23.9 Å². The van der Waals surface area contributed by atoms with Gasteiger partial charge in [0.2, 0.25) is 5.91 Å². The molecule has 1 aliphatic heterocycles. The number of hydrogen-bond acceptors (Lipinski definition) is 7. The van der Waals surface area contributed by atoms with E-state index in [1.807, 2.05) is 13.8 Å². The zero-order valence-electron chi connectivity index (χ0n) is 19.8. The van der Waals surface area contributed by atoms with Gasteiger partial charge in [0, 0.05) is 24.8 Å². The van der Waals surface area contributed by atoms with E-state index in [2.05, 4.69) is 5.48 Å². The van der Waals surface area contributed by atoms with Gasteiger partial charge in [-0.25, -0.2) is 13.8 Å². The van der Waals surface area contributed by atoms with Crippen molar-refractivity contribution >= 4 is 5.91 Å². The number of aromatic nitrogens is 2. The Hall–Kier alpha value is -3.02. The van der Waals surface area contributed by atoms with E-state index in [1.54, 1.807) is 4.90 Å². The van der Waals surface area contributed by atoms with Crippen LogP contribution in [0, 0.1) is 5.82 Å². The van der Waals surface area contributed by atoms with Crippen molar-refractivity contribution in [2.45, 2.75) is 58.5 Å². The first kappa shape index (κ1) is 25.6. The zero-order chi connectivity index (χ0) is 25.0. The minimum Gasteiger partial charge on any atom is -0.496 e. The molecule has 3 rings (SSSR count). The number of hydroxylamine groups is 1. The summed E-state index contributed by atoms with van der Waals surface area (Å²) in [7, 11) is 1.39. The third-order valence-corrected chi connectivity index (χ3v) is 5.67. The molecular weight excluding hydrogens is 447 g/mol. The molecule has 0 radical (unpaired) electrons. The fraction of sp³-hybridized carbons (Fsp3) is 0.522. The van der Waals surface area contributed by atoms with Gasteiger partial charge in [0.1, 0.15) is 23.7 Å². The third kappa shape index (κ3) is 5.54. The van der Waals surface area contributed by atoms with Crippen LogP contribution in [0.15, 0.2) is 34.0 Å². The Kier molecular flexibility index (Phi) is 8.24. The molecule has 1 aromatic heterocycles. The van der Waals surface area contributed by atoms with Crippen LogP contribution in [0.3, 0.4) is 0 Å². The maximum Gasteiger partial charge on any atom is 0.331 e. The van der Waals surface area contributed by atoms with Crippen molar-refractivity contribution in [3.63, 3.8) is 0 Å². The Morgan fingerprint density at radius 3 is 2.53 bits per heavy atom. The molecule has 11 heteroatoms. The van der Waals surface area contributed by atoms with Crippen LogP contribution < -0.4 is 21.5 Å². The van der Waals surface area contributed by atoms with Crippen LogP contribution in [0.2, 0.25) is 0 Å². The summed E-state index contributed by atoms with van der Waals surface area (Å²) in [6, 6.07) is 2.67. The Labute approximate surface area is 196 Å². The second-order valence-corrected chi connectivity index (χ2v) is 8.51. The number of aliphatic hydroxyl groups excluding tert-OH is 1. The summed E-state index contributed by atoms with van der Waals surface area (Å²) in [5.41, 5.74) is 1.62. The summed E-state index contributed by atoms with van der Waals surface area (Å²) in [6.07, 6.45) is 0.717. The molecular formula is C23H31FN4O6. The second kappa shape index (κ2) is 10.9. The number of carbonyl (C=O) groups excluding carboxylic acids is 1. The van der Waals surface area contributed by atoms with Gasteiger partial charge in [-0.1, -0.05) is 0 Å². The van der Waals surface area contributed by atoms with E-state index in [-0.39, 0.29) is 42.0 Å². The number of rotatable bonds is 10. The van der Waals surface area contributed by atoms with E-state index in [0.29, 0.717) is 13.1 Å². The lowest BCUT2D eigenvalue weighted by Gasteiger charge is -2.33. The van der Waals surface area contributed by atoms with E-state index in [4.69, 9.17) is 9.57 Å². The highest BCUT2D eigenvalue weighted by atomic mass is 19.1. The van der Waals surface area contributed by atoms with Gasteiger partial charge >= 0.3 is 5.69 Å². The summed E-state index contributed by atoms with van der Waals surface area (Å²) < 4.78 is 21.0. The predicted molar refractivity (Wildman–Crippen MR) is 122 cm³/mol. The molecule has 2 aromatic rings. The molecule has 0 bridgehead atoms. The minimum absolute atomic E-state index is 0.0265. The topological polar surface area (TPSA) is 115 Å². The van der Waals surface area contributed by atoms with Crippen molar-refractivity contribution in [2.24, 2.45) is 0 Å². The van der Waals surface area contributed by atoms with Crippen LogP contribution in [-0.2, 0) is 22.7 Å². The van der Waals surface area contributed by atoms with Crippen LogP contribution >= 0.6 is 0 Å². The molecule has 1 aromatic carbocycles. The number of ether oxygens (including phenoxy) is 1. The molecule has 1 amide bonds. The molecule has 1 fully saturated rings. The highest BCUT2D eigenvalue weighted by Crippen LogP contribution is 2.27. The average molecular weight is 479 g/mol. The van der Waals surface area contributed by atoms with Crippen molar-refractivity contribution < 1.29 is 23.9 Å². The van der Waals surface area contributed by atoms with E-state index >= 15 is 0 Å². The summed E-state index contributed by atoms with van der Waals surface area (Å²) in [5, 5.41) is 10.8. The normalized spacial score (nSPS) is 15.2. The molecule has 2 unspecified atom stereocenters. The molecule has 2 N–H and O–H groups in total. The van der Waals surface area contributed by atoms with E-state index in [1.165, 1.54) is 32.4 Å². The number of carbonyl (C=O) groups is 1. The largest absolute Gasteiger partial charge is 0.496 e. The van der Waals surface area contributed by atoms with Gasteiger partial charge in [0.05, 0.1) is 31.9 Å². The van der Waals surface area contributed by atoms with Gasteiger partial charge in [0.25, 0.3) is 5.56 Å². The van der Waals surface area contributed by atoms with Gasteiger partial charge in [-0.15, -0.1) is 0 Å². The summed E-state index contributed by atoms with van der Waals surface area (Å²) in [4.78, 5) is 46.1. The quantitative estimate of drug-likeness (QED) is 0.492. The number of nitrogens with one attached hydrogen (secondary N) is 1. The molecule has 2 heterocycles. The van der Waals surface area contributed by atoms with Crippen molar-refractivity contribution in [2.75, 3.05) is 20.2 Å². The predicted octanol–water partition coefficient (Wildman–Crippen LogP) is 1.11. The van der Waals surface area contributed by atoms with Crippen LogP contribution in [0.5, 0.6) is 5.75 Å². The highest BCUT2D eigenvalue weighted by Gasteiger charge is 2.29. The number of amides is 1. The molecule has 2 atom stereocenters. The average Bonchev–Trinajstić information content (AvgIpc) is 2.75. The Balaban J connectivity index is 2.01. The van der Waals surface area contributed by atoms with Gasteiger partial charge < -0.3 is 14.7 Å². The Bertz CT molecular complexity index is 1140. The lowest BCUT2D eigenvalue weighted by molar-refractivity contribution is -0.138. The number of halogens is 1. The second-order valence-electron chi connectivity index (χ2n) is 8.51. The number of benzene rings is 1. The maximum absolute atomic E-state index is 13.8. The summed E-state index contributed by atoms with van der Waals surface area (Å²) in [6.45, 7) is 5.96. The van der Waals surface area contributed by atoms with Crippen LogP contribution in [-0.4, -0.2) is 51.4 Å². The van der Waals surface area contributed by atoms with Crippen LogP contribution in [0.1, 0.15) is 50.5 Å². The molecule has 0 aliphatic carbocycles. The van der Waals surface area contributed by atoms with Crippen LogP contribution in [0.4, 0.5) is 4.39 Å². The SMILES string of the molecule is COc1ccc(F)cc1C(O)Cn1cc(CNOC(C)C)c(=O)n(C(C)C(=O)N2CCC2)c1=O. The standard InChI is InChI=1S/C23H31FN4O6/c1-14(2)34-25-11-16-12-27(13-19(29)18-10-17(24)6-7-20(18)33-4)23(32)28(22(16)31)15(3)21(30)26-8-5-9-26/h6-7,10,12,14-15,19,25,29H,5,8-9,11,13H2,1-4H3. The molecule has 186 valence electrons. The molecule has 1 aliphatic rings. The summed E-state index contributed by atoms with van der Waals surface area (Å²) in [5.74, 6) is -0.645. The Morgan fingerprint density at radius 1 is 1.24 bits per heavy atom. The van der Waals surface area contributed by atoms with Gasteiger partial charge in [-0.2, -0.15) is 5.48 Å². The minimum atomic E-state index is -1.32. The van der Waals surface area contributed by atoms with Crippen LogP contribution in [0.25, 0.3) is 0 Å². The smallest absolute Gasteiger partial charge is 0.331 e. The zero-order valence-corrected chi connectivity index (χ0v) is 19.8. The lowest BCUT2D eigenvalue weighted by atomic mass is 10.1. The number of likely N-dealkylation sites (tertiary alicyclic amines) is 1. The van der Waals surface area contributed by atoms with Crippen molar-refractivity contribution in [3.8, 4) is 5.75 Å². The summed E-state index contributed by atoms with van der Waals surface area (Å²) >= 11 is 0.